The van der Waals surface area contributed by atoms with E-state index in [2.05, 4.69) is 9.89 Å². The average molecular weight is 421 g/mol. The number of para-hydroxylation sites is 1. The fraction of sp³-hybridized carbons (Fsp3) is 0.600. The van der Waals surface area contributed by atoms with Crippen molar-refractivity contribution < 1.29 is 17.9 Å². The second-order valence-electron chi connectivity index (χ2n) is 8.34. The van der Waals surface area contributed by atoms with Gasteiger partial charge in [-0.1, -0.05) is 36.4 Å². The molecule has 5 rings (SSSR count). The standard InChI is InChI=1S/C20H24N2O4S2/c23-19(10-26-15-4-2-1-3-5-15)21-20-22(16-9-13-6-7-14(16)8-13)17-11-28(24,25)12-18(17)27-20/h1-5,13-14,16-18H,6-12H2/t13-,14-,16+,17+,18+/m0/s1. The summed E-state index contributed by atoms with van der Waals surface area (Å²) >= 11 is 1.48. The number of carbonyl (C=O) groups excluding carboxylic acids is 1. The molecule has 1 aromatic carbocycles. The summed E-state index contributed by atoms with van der Waals surface area (Å²) in [6.07, 6.45) is 4.82. The first-order valence-electron chi connectivity index (χ1n) is 9.93. The van der Waals surface area contributed by atoms with Crippen LogP contribution in [0.5, 0.6) is 5.75 Å². The Kier molecular flexibility index (Phi) is 4.66. The van der Waals surface area contributed by atoms with Crippen LogP contribution in [0.15, 0.2) is 35.3 Å². The molecule has 0 N–H and O–H groups in total. The zero-order chi connectivity index (χ0) is 19.3. The molecule has 4 aliphatic rings. The van der Waals surface area contributed by atoms with Crippen molar-refractivity contribution in [3.8, 4) is 5.75 Å². The molecule has 2 heterocycles. The first-order valence-corrected chi connectivity index (χ1v) is 12.6. The van der Waals surface area contributed by atoms with E-state index < -0.39 is 9.84 Å². The maximum absolute atomic E-state index is 12.5. The maximum atomic E-state index is 12.5. The number of thioether (sulfide) groups is 1. The lowest BCUT2D eigenvalue weighted by atomic mass is 9.93. The summed E-state index contributed by atoms with van der Waals surface area (Å²) in [6, 6.07) is 9.51. The Morgan fingerprint density at radius 1 is 1.14 bits per heavy atom. The molecule has 0 radical (unpaired) electrons. The summed E-state index contributed by atoms with van der Waals surface area (Å²) in [4.78, 5) is 19.1. The molecule has 1 aromatic rings. The van der Waals surface area contributed by atoms with Crippen LogP contribution in [0.1, 0.15) is 25.7 Å². The smallest absolute Gasteiger partial charge is 0.285 e. The van der Waals surface area contributed by atoms with Crippen LogP contribution in [0.3, 0.4) is 0 Å². The molecule has 0 aromatic heterocycles. The molecular formula is C20H24N2O4S2. The van der Waals surface area contributed by atoms with E-state index in [1.165, 1.54) is 31.0 Å². The summed E-state index contributed by atoms with van der Waals surface area (Å²) in [5.41, 5.74) is 0. The van der Waals surface area contributed by atoms with Crippen LogP contribution in [0.2, 0.25) is 0 Å². The Morgan fingerprint density at radius 3 is 2.68 bits per heavy atom. The van der Waals surface area contributed by atoms with Crippen LogP contribution in [0.25, 0.3) is 0 Å². The Labute approximate surface area is 169 Å². The monoisotopic (exact) mass is 420 g/mol. The van der Waals surface area contributed by atoms with E-state index >= 15 is 0 Å². The number of amidine groups is 1. The molecule has 28 heavy (non-hydrogen) atoms. The number of fused-ring (bicyclic) bond motifs is 3. The molecule has 1 amide bonds. The summed E-state index contributed by atoms with van der Waals surface area (Å²) in [5.74, 6) is 2.05. The third kappa shape index (κ3) is 3.45. The van der Waals surface area contributed by atoms with Crippen LogP contribution in [-0.4, -0.2) is 59.8 Å². The predicted octanol–water partition coefficient (Wildman–Crippen LogP) is 2.35. The highest BCUT2D eigenvalue weighted by molar-refractivity contribution is 8.15. The minimum Gasteiger partial charge on any atom is -0.484 e. The largest absolute Gasteiger partial charge is 0.484 e. The normalized spacial score (nSPS) is 36.8. The predicted molar refractivity (Wildman–Crippen MR) is 109 cm³/mol. The zero-order valence-electron chi connectivity index (χ0n) is 15.6. The van der Waals surface area contributed by atoms with Gasteiger partial charge in [-0.05, 0) is 43.2 Å². The fourth-order valence-electron chi connectivity index (χ4n) is 5.33. The van der Waals surface area contributed by atoms with Gasteiger partial charge in [0.05, 0.1) is 17.5 Å². The fourth-order valence-corrected chi connectivity index (χ4v) is 9.32. The number of aliphatic imine (C=N–C) groups is 1. The zero-order valence-corrected chi connectivity index (χ0v) is 17.2. The van der Waals surface area contributed by atoms with E-state index in [0.29, 0.717) is 22.9 Å². The molecule has 2 saturated heterocycles. The second-order valence-corrected chi connectivity index (χ2v) is 11.7. The number of amides is 1. The Balaban J connectivity index is 1.35. The number of hydrogen-bond donors (Lipinski definition) is 0. The molecule has 0 spiro atoms. The molecule has 2 saturated carbocycles. The molecule has 6 nitrogen and oxygen atoms in total. The third-order valence-electron chi connectivity index (χ3n) is 6.49. The van der Waals surface area contributed by atoms with Crippen LogP contribution >= 0.6 is 11.8 Å². The number of hydrogen-bond acceptors (Lipinski definition) is 5. The molecule has 5 atom stereocenters. The van der Waals surface area contributed by atoms with Gasteiger partial charge in [-0.2, -0.15) is 4.99 Å². The highest BCUT2D eigenvalue weighted by Gasteiger charge is 2.54. The summed E-state index contributed by atoms with van der Waals surface area (Å²) in [7, 11) is -3.01. The lowest BCUT2D eigenvalue weighted by Gasteiger charge is -2.36. The number of sulfone groups is 1. The Morgan fingerprint density at radius 2 is 1.96 bits per heavy atom. The lowest BCUT2D eigenvalue weighted by Crippen LogP contribution is -2.47. The van der Waals surface area contributed by atoms with E-state index in [0.717, 1.165) is 12.3 Å². The SMILES string of the molecule is O=C(COc1ccccc1)N=C1S[C@@H]2CS(=O)(=O)C[C@H]2N1[C@@H]1C[C@H]2CC[C@H]1C2. The van der Waals surface area contributed by atoms with Crippen molar-refractivity contribution in [3.05, 3.63) is 30.3 Å². The number of ether oxygens (including phenoxy) is 1. The first-order chi connectivity index (χ1) is 13.5. The Hall–Kier alpha value is -1.54. The lowest BCUT2D eigenvalue weighted by molar-refractivity contribution is -0.119. The second kappa shape index (κ2) is 7.06. The van der Waals surface area contributed by atoms with Gasteiger partial charge in [0.1, 0.15) is 5.75 Å². The van der Waals surface area contributed by atoms with Gasteiger partial charge >= 0.3 is 0 Å². The van der Waals surface area contributed by atoms with Gasteiger partial charge < -0.3 is 9.64 Å². The van der Waals surface area contributed by atoms with Crippen molar-refractivity contribution in [1.82, 2.24) is 4.90 Å². The number of benzene rings is 1. The van der Waals surface area contributed by atoms with Gasteiger partial charge in [0.15, 0.2) is 21.6 Å². The summed E-state index contributed by atoms with van der Waals surface area (Å²) in [6.45, 7) is -0.105. The molecule has 2 aliphatic carbocycles. The van der Waals surface area contributed by atoms with Gasteiger partial charge in [-0.15, -0.1) is 0 Å². The van der Waals surface area contributed by atoms with Crippen molar-refractivity contribution in [2.75, 3.05) is 18.1 Å². The molecule has 2 aliphatic heterocycles. The van der Waals surface area contributed by atoms with E-state index in [4.69, 9.17) is 4.74 Å². The van der Waals surface area contributed by atoms with E-state index in [9.17, 15) is 13.2 Å². The number of rotatable bonds is 4. The van der Waals surface area contributed by atoms with Gasteiger partial charge in [0.25, 0.3) is 5.91 Å². The molecule has 8 heteroatoms. The van der Waals surface area contributed by atoms with Crippen LogP contribution in [0.4, 0.5) is 0 Å². The maximum Gasteiger partial charge on any atom is 0.285 e. The molecular weight excluding hydrogens is 396 g/mol. The van der Waals surface area contributed by atoms with Crippen molar-refractivity contribution in [1.29, 1.82) is 0 Å². The van der Waals surface area contributed by atoms with Gasteiger partial charge in [0.2, 0.25) is 0 Å². The summed E-state index contributed by atoms with van der Waals surface area (Å²) in [5, 5.41) is 0.704. The molecule has 0 unspecified atom stereocenters. The summed E-state index contributed by atoms with van der Waals surface area (Å²) < 4.78 is 29.9. The van der Waals surface area contributed by atoms with Gasteiger partial charge in [-0.3, -0.25) is 4.79 Å². The van der Waals surface area contributed by atoms with Crippen LogP contribution < -0.4 is 4.74 Å². The van der Waals surface area contributed by atoms with Crippen LogP contribution in [-0.2, 0) is 14.6 Å². The highest BCUT2D eigenvalue weighted by Crippen LogP contribution is 2.51. The quantitative estimate of drug-likeness (QED) is 0.744. The van der Waals surface area contributed by atoms with Crippen molar-refractivity contribution in [2.24, 2.45) is 16.8 Å². The third-order valence-corrected chi connectivity index (χ3v) is 9.71. The number of nitrogens with zero attached hydrogens (tertiary/aromatic N) is 2. The number of carbonyl (C=O) groups is 1. The van der Waals surface area contributed by atoms with Gasteiger partial charge in [-0.25, -0.2) is 8.42 Å². The minimum absolute atomic E-state index is 0.00859. The minimum atomic E-state index is -3.01. The van der Waals surface area contributed by atoms with Crippen LogP contribution in [0, 0.1) is 11.8 Å². The van der Waals surface area contributed by atoms with Crippen molar-refractivity contribution >= 4 is 32.7 Å². The van der Waals surface area contributed by atoms with Gasteiger partial charge in [0, 0.05) is 11.3 Å². The van der Waals surface area contributed by atoms with E-state index in [1.807, 2.05) is 30.3 Å². The average Bonchev–Trinajstić information content (AvgIpc) is 3.40. The molecule has 150 valence electrons. The Bertz CT molecular complexity index is 902. The molecule has 4 fully saturated rings. The van der Waals surface area contributed by atoms with E-state index in [1.54, 1.807) is 0 Å². The van der Waals surface area contributed by atoms with Crippen molar-refractivity contribution in [3.63, 3.8) is 0 Å². The van der Waals surface area contributed by atoms with E-state index in [-0.39, 0.29) is 35.3 Å². The molecule has 2 bridgehead atoms. The first kappa shape index (κ1) is 18.5. The topological polar surface area (TPSA) is 76.0 Å². The highest BCUT2D eigenvalue weighted by atomic mass is 32.2. The van der Waals surface area contributed by atoms with Crippen molar-refractivity contribution in [2.45, 2.75) is 43.0 Å².